The van der Waals surface area contributed by atoms with Crippen LogP contribution in [0.3, 0.4) is 0 Å². The van der Waals surface area contributed by atoms with Gasteiger partial charge in [0.1, 0.15) is 17.2 Å². The van der Waals surface area contributed by atoms with Crippen molar-refractivity contribution in [2.24, 2.45) is 0 Å². The van der Waals surface area contributed by atoms with Gasteiger partial charge < -0.3 is 19.4 Å². The van der Waals surface area contributed by atoms with Gasteiger partial charge in [-0.15, -0.1) is 0 Å². The van der Waals surface area contributed by atoms with E-state index in [2.05, 4.69) is 24.1 Å². The van der Waals surface area contributed by atoms with Crippen LogP contribution in [0.15, 0.2) is 95.4 Å². The maximum absolute atomic E-state index is 13.7. The number of rotatable bonds is 13. The Kier molecular flexibility index (Phi) is 9.87. The predicted molar refractivity (Wildman–Crippen MR) is 174 cm³/mol. The van der Waals surface area contributed by atoms with Gasteiger partial charge in [0.15, 0.2) is 5.78 Å². The first kappa shape index (κ1) is 30.7. The average Bonchev–Trinajstić information content (AvgIpc) is 3.43. The normalized spacial score (nSPS) is 11.1. The zero-order valence-corrected chi connectivity index (χ0v) is 25.4. The van der Waals surface area contributed by atoms with Gasteiger partial charge >= 0.3 is 0 Å². The van der Waals surface area contributed by atoms with Crippen molar-refractivity contribution >= 4 is 28.3 Å². The lowest BCUT2D eigenvalue weighted by Gasteiger charge is -2.24. The van der Waals surface area contributed by atoms with E-state index in [1.807, 2.05) is 67.6 Å². The summed E-state index contributed by atoms with van der Waals surface area (Å²) in [6.07, 6.45) is 0.292. The molecule has 5 rings (SSSR count). The van der Waals surface area contributed by atoms with Gasteiger partial charge in [0.2, 0.25) is 0 Å². The third kappa shape index (κ3) is 6.74. The van der Waals surface area contributed by atoms with Crippen LogP contribution in [-0.2, 0) is 11.3 Å². The maximum Gasteiger partial charge on any atom is 0.251 e. The van der Waals surface area contributed by atoms with E-state index in [0.717, 1.165) is 35.5 Å². The monoisotopic (exact) mass is 592 g/mol. The summed E-state index contributed by atoms with van der Waals surface area (Å²) < 4.78 is 25.7. The minimum absolute atomic E-state index is 0.0628. The lowest BCUT2D eigenvalue weighted by atomic mass is 9.95. The average molecular weight is 593 g/mol. The fourth-order valence-corrected chi connectivity index (χ4v) is 5.38. The highest BCUT2D eigenvalue weighted by Crippen LogP contribution is 2.41. The Hall–Kier alpha value is -4.75. The van der Waals surface area contributed by atoms with Crippen LogP contribution in [0, 0.1) is 5.82 Å². The number of fused-ring (bicyclic) bond motifs is 1. The van der Waals surface area contributed by atoms with Gasteiger partial charge in [-0.2, -0.15) is 0 Å². The summed E-state index contributed by atoms with van der Waals surface area (Å²) in [7, 11) is 0. The molecule has 0 aliphatic heterocycles. The number of carbonyl (C=O) groups is 2. The lowest BCUT2D eigenvalue weighted by Crippen LogP contribution is -2.27. The van der Waals surface area contributed by atoms with Crippen molar-refractivity contribution in [1.29, 1.82) is 0 Å². The fraction of sp³-hybridized carbons (Fsp3) is 0.243. The van der Waals surface area contributed by atoms with Crippen LogP contribution in [0.5, 0.6) is 0 Å². The molecule has 4 aromatic carbocycles. The molecule has 0 atom stereocenters. The number of carbonyl (C=O) groups excluding carboxylic acids is 2. The number of amides is 1. The summed E-state index contributed by atoms with van der Waals surface area (Å²) in [5.41, 5.74) is 5.97. The van der Waals surface area contributed by atoms with Crippen molar-refractivity contribution in [2.45, 2.75) is 33.8 Å². The minimum atomic E-state index is -0.358. The number of furan rings is 1. The van der Waals surface area contributed by atoms with Crippen molar-refractivity contribution in [1.82, 2.24) is 5.32 Å². The topological polar surface area (TPSA) is 71.8 Å². The highest BCUT2D eigenvalue weighted by atomic mass is 19.1. The minimum Gasteiger partial charge on any atom is -0.455 e. The second-order valence-corrected chi connectivity index (χ2v) is 10.5. The Bertz CT molecular complexity index is 1740. The second-order valence-electron chi connectivity index (χ2n) is 10.5. The Morgan fingerprint density at radius 2 is 1.61 bits per heavy atom. The van der Waals surface area contributed by atoms with E-state index in [-0.39, 0.29) is 17.5 Å². The molecule has 1 N–H and O–H groups in total. The molecule has 0 aliphatic carbocycles. The third-order valence-corrected chi connectivity index (χ3v) is 7.70. The Morgan fingerprint density at radius 3 is 2.32 bits per heavy atom. The number of nitrogens with zero attached hydrogens (tertiary/aromatic N) is 1. The van der Waals surface area contributed by atoms with Gasteiger partial charge in [0, 0.05) is 59.9 Å². The smallest absolute Gasteiger partial charge is 0.251 e. The van der Waals surface area contributed by atoms with E-state index in [1.165, 1.54) is 12.1 Å². The van der Waals surface area contributed by atoms with Crippen LogP contribution < -0.4 is 10.2 Å². The predicted octanol–water partition coefficient (Wildman–Crippen LogP) is 8.29. The summed E-state index contributed by atoms with van der Waals surface area (Å²) >= 11 is 0. The van der Waals surface area contributed by atoms with Crippen molar-refractivity contribution in [3.05, 3.63) is 114 Å². The van der Waals surface area contributed by atoms with Crippen LogP contribution in [0.4, 0.5) is 10.1 Å². The summed E-state index contributed by atoms with van der Waals surface area (Å²) in [6.45, 7) is 8.76. The summed E-state index contributed by atoms with van der Waals surface area (Å²) in [4.78, 5) is 28.6. The molecule has 1 aromatic heterocycles. The van der Waals surface area contributed by atoms with Crippen LogP contribution in [0.1, 0.15) is 53.5 Å². The Balaban J connectivity index is 1.48. The molecule has 1 heterocycles. The molecule has 6 nitrogen and oxygen atoms in total. The molecule has 0 saturated carbocycles. The highest BCUT2D eigenvalue weighted by molar-refractivity contribution is 6.13. The van der Waals surface area contributed by atoms with Crippen molar-refractivity contribution in [2.75, 3.05) is 31.1 Å². The fourth-order valence-electron chi connectivity index (χ4n) is 5.38. The number of hydrogen-bond donors (Lipinski definition) is 1. The molecule has 5 aromatic rings. The Morgan fingerprint density at radius 1 is 0.864 bits per heavy atom. The Labute approximate surface area is 257 Å². The van der Waals surface area contributed by atoms with E-state index in [4.69, 9.17) is 9.15 Å². The molecule has 44 heavy (non-hydrogen) atoms. The zero-order valence-electron chi connectivity index (χ0n) is 25.4. The first-order valence-corrected chi connectivity index (χ1v) is 15.1. The summed E-state index contributed by atoms with van der Waals surface area (Å²) in [5.74, 6) is -0.184. The van der Waals surface area contributed by atoms with Crippen molar-refractivity contribution in [3.63, 3.8) is 0 Å². The first-order valence-electron chi connectivity index (χ1n) is 15.1. The number of benzene rings is 4. The largest absolute Gasteiger partial charge is 0.455 e. The maximum atomic E-state index is 13.7. The van der Waals surface area contributed by atoms with Crippen LogP contribution >= 0.6 is 0 Å². The van der Waals surface area contributed by atoms with Crippen molar-refractivity contribution in [3.8, 4) is 22.5 Å². The molecule has 0 saturated heterocycles. The van der Waals surface area contributed by atoms with Gasteiger partial charge in [0.25, 0.3) is 5.91 Å². The first-order chi connectivity index (χ1) is 21.4. The number of ether oxygens (including phenoxy) is 1. The molecule has 0 aliphatic rings. The second kappa shape index (κ2) is 14.1. The number of hydrogen-bond acceptors (Lipinski definition) is 5. The van der Waals surface area contributed by atoms with E-state index in [0.29, 0.717) is 59.6 Å². The van der Waals surface area contributed by atoms with Gasteiger partial charge in [-0.25, -0.2) is 4.39 Å². The lowest BCUT2D eigenvalue weighted by molar-refractivity contribution is 0.0900. The molecule has 7 heteroatoms. The van der Waals surface area contributed by atoms with E-state index in [1.54, 1.807) is 18.2 Å². The molecule has 0 spiro atoms. The number of nitrogens with one attached hydrogen (secondary N) is 1. The van der Waals surface area contributed by atoms with Crippen LogP contribution in [-0.4, -0.2) is 37.9 Å². The number of anilines is 1. The molecule has 0 fully saturated rings. The zero-order chi connectivity index (χ0) is 31.1. The van der Waals surface area contributed by atoms with E-state index in [9.17, 15) is 14.0 Å². The van der Waals surface area contributed by atoms with Gasteiger partial charge in [0.05, 0.1) is 18.8 Å². The number of Topliss-reactive ketones (excluding diaryl/α,β-unsaturated/α-hetero) is 1. The molecular weight excluding hydrogens is 555 g/mol. The standard InChI is InChI=1S/C37H37FN2O4/c1-4-33(41)35-31-22-30(32(40(5-2)6-3)23-34(31)44-36(35)26-15-17-29(38)18-16-26)27-13-10-14-28(21-27)37(42)39-19-20-43-24-25-11-8-7-9-12-25/h7-18,21-23H,4-6,19-20,24H2,1-3H3,(H,39,42). The van der Waals surface area contributed by atoms with E-state index < -0.39 is 0 Å². The SMILES string of the molecule is CCC(=O)c1c(-c2ccc(F)cc2)oc2cc(N(CC)CC)c(-c3cccc(C(=O)NCCOCc4ccccc4)c3)cc12. The quantitative estimate of drug-likeness (QED) is 0.110. The van der Waals surface area contributed by atoms with Crippen LogP contribution in [0.2, 0.25) is 0 Å². The molecule has 0 bridgehead atoms. The van der Waals surface area contributed by atoms with Gasteiger partial charge in [-0.3, -0.25) is 9.59 Å². The van der Waals surface area contributed by atoms with Crippen molar-refractivity contribution < 1.29 is 23.1 Å². The van der Waals surface area contributed by atoms with Crippen LogP contribution in [0.25, 0.3) is 33.4 Å². The van der Waals surface area contributed by atoms with Gasteiger partial charge in [-0.05, 0) is 67.4 Å². The third-order valence-electron chi connectivity index (χ3n) is 7.70. The molecule has 0 radical (unpaired) electrons. The summed E-state index contributed by atoms with van der Waals surface area (Å²) in [5, 5.41) is 3.64. The molecule has 1 amide bonds. The molecular formula is C37H37FN2O4. The van der Waals surface area contributed by atoms with Gasteiger partial charge in [-0.1, -0.05) is 49.4 Å². The molecule has 226 valence electrons. The van der Waals surface area contributed by atoms with E-state index >= 15 is 0 Å². The highest BCUT2D eigenvalue weighted by Gasteiger charge is 2.24. The number of ketones is 1. The molecule has 0 unspecified atom stereocenters. The summed E-state index contributed by atoms with van der Waals surface area (Å²) in [6, 6.07) is 27.3. The number of halogens is 1.